The number of carbonyl (C=O) groups excluding carboxylic acids is 3. The molecule has 11 heteroatoms. The summed E-state index contributed by atoms with van der Waals surface area (Å²) in [5.74, 6) is 0.950. The zero-order chi connectivity index (χ0) is 26.4. The van der Waals surface area contributed by atoms with Crippen LogP contribution >= 0.6 is 0 Å². The first-order chi connectivity index (χ1) is 17.9. The Bertz CT molecular complexity index is 1160. The van der Waals surface area contributed by atoms with E-state index in [-0.39, 0.29) is 36.4 Å². The molecule has 2 fully saturated rings. The van der Waals surface area contributed by atoms with Gasteiger partial charge in [-0.25, -0.2) is 0 Å². The number of aliphatic hydroxyl groups excluding tert-OH is 1. The van der Waals surface area contributed by atoms with Crippen LogP contribution in [-0.4, -0.2) is 83.8 Å². The highest BCUT2D eigenvalue weighted by Crippen LogP contribution is 2.23. The lowest BCUT2D eigenvalue weighted by molar-refractivity contribution is -0.125. The Morgan fingerprint density at radius 3 is 2.65 bits per heavy atom. The first kappa shape index (κ1) is 26.1. The second-order valence-electron chi connectivity index (χ2n) is 9.09. The van der Waals surface area contributed by atoms with Crippen LogP contribution in [0.2, 0.25) is 0 Å². The van der Waals surface area contributed by atoms with Gasteiger partial charge in [0.25, 0.3) is 5.91 Å². The van der Waals surface area contributed by atoms with E-state index < -0.39 is 11.9 Å². The van der Waals surface area contributed by atoms with E-state index in [2.05, 4.69) is 27.0 Å². The largest absolute Gasteiger partial charge is 0.490 e. The van der Waals surface area contributed by atoms with E-state index >= 15 is 0 Å². The average molecular weight is 510 g/mol. The van der Waals surface area contributed by atoms with Gasteiger partial charge in [-0.2, -0.15) is 5.10 Å². The summed E-state index contributed by atoms with van der Waals surface area (Å²) in [7, 11) is 1.55. The third-order valence-electron chi connectivity index (χ3n) is 6.52. The summed E-state index contributed by atoms with van der Waals surface area (Å²) >= 11 is 0. The summed E-state index contributed by atoms with van der Waals surface area (Å²) in [6.45, 7) is 5.59. The van der Waals surface area contributed by atoms with Crippen LogP contribution in [0.4, 0.5) is 5.82 Å². The van der Waals surface area contributed by atoms with E-state index in [1.165, 1.54) is 23.2 Å². The fourth-order valence-corrected chi connectivity index (χ4v) is 4.37. The molecule has 2 aliphatic rings. The third-order valence-corrected chi connectivity index (χ3v) is 6.52. The number of carbonyl (C=O) groups is 3. The maximum absolute atomic E-state index is 13.0. The highest BCUT2D eigenvalue weighted by atomic mass is 16.5. The highest BCUT2D eigenvalue weighted by molar-refractivity contribution is 6.03. The summed E-state index contributed by atoms with van der Waals surface area (Å²) in [5, 5.41) is 20.5. The lowest BCUT2D eigenvalue weighted by Gasteiger charge is -2.31. The Kier molecular flexibility index (Phi) is 8.34. The van der Waals surface area contributed by atoms with Gasteiger partial charge >= 0.3 is 0 Å². The van der Waals surface area contributed by atoms with Crippen molar-refractivity contribution < 1.29 is 29.0 Å². The fourth-order valence-electron chi connectivity index (χ4n) is 4.37. The van der Waals surface area contributed by atoms with E-state index in [9.17, 15) is 19.5 Å². The quantitative estimate of drug-likeness (QED) is 0.382. The van der Waals surface area contributed by atoms with E-state index in [0.29, 0.717) is 68.1 Å². The first-order valence-electron chi connectivity index (χ1n) is 12.2. The number of nitrogens with zero attached hydrogens (tertiary/aromatic N) is 4. The molecule has 0 bridgehead atoms. The Morgan fingerprint density at radius 2 is 1.95 bits per heavy atom. The first-order valence-corrected chi connectivity index (χ1v) is 12.2. The van der Waals surface area contributed by atoms with Crippen molar-refractivity contribution in [3.8, 4) is 11.5 Å². The van der Waals surface area contributed by atoms with Crippen molar-refractivity contribution >= 4 is 23.9 Å². The van der Waals surface area contributed by atoms with Gasteiger partial charge in [-0.3, -0.25) is 14.4 Å². The molecule has 37 heavy (non-hydrogen) atoms. The van der Waals surface area contributed by atoms with Crippen molar-refractivity contribution in [2.24, 2.45) is 0 Å². The van der Waals surface area contributed by atoms with Gasteiger partial charge in [-0.05, 0) is 43.9 Å². The Morgan fingerprint density at radius 1 is 1.22 bits per heavy atom. The number of aromatic nitrogens is 2. The molecule has 3 heterocycles. The van der Waals surface area contributed by atoms with Crippen LogP contribution in [0, 0.1) is 0 Å². The summed E-state index contributed by atoms with van der Waals surface area (Å²) in [4.78, 5) is 40.4. The molecule has 2 N–H and O–H groups in total. The maximum Gasteiger partial charge on any atom is 0.255 e. The maximum atomic E-state index is 13.0. The predicted octanol–water partition coefficient (Wildman–Crippen LogP) is 1.57. The molecular weight excluding hydrogens is 478 g/mol. The van der Waals surface area contributed by atoms with Crippen LogP contribution in [0.3, 0.4) is 0 Å². The van der Waals surface area contributed by atoms with Gasteiger partial charge in [-0.1, -0.05) is 6.58 Å². The topological polar surface area (TPSA) is 134 Å². The van der Waals surface area contributed by atoms with Crippen molar-refractivity contribution in [3.05, 3.63) is 53.9 Å². The highest BCUT2D eigenvalue weighted by Gasteiger charge is 2.31. The Labute approximate surface area is 215 Å². The summed E-state index contributed by atoms with van der Waals surface area (Å²) < 4.78 is 11.4. The minimum atomic E-state index is -0.629. The number of hydrogen-bond donors (Lipinski definition) is 2. The number of allylic oxidation sites excluding steroid dienone is 1. The molecule has 1 aromatic carbocycles. The van der Waals surface area contributed by atoms with Gasteiger partial charge in [0.2, 0.25) is 5.91 Å². The van der Waals surface area contributed by atoms with E-state index in [0.717, 1.165) is 0 Å². The number of aliphatic hydroxyl groups is 1. The van der Waals surface area contributed by atoms with Gasteiger partial charge < -0.3 is 29.7 Å². The number of nitrogens with one attached hydrogen (secondary N) is 1. The standard InChI is InChI=1S/C26H31N5O6/c1-17-3-6-23(25(34)28-17)30(2)26(35)22-5-4-20(13-18(22)16-32)36-11-12-37-21-14-24(29-27-15-21)31-9-7-19(33)8-10-31/h4-5,13-16,19,23,33H,1,3,6-12H2,2H3,(H,28,34). The lowest BCUT2D eigenvalue weighted by Crippen LogP contribution is -2.50. The molecule has 1 atom stereocenters. The molecule has 11 nitrogen and oxygen atoms in total. The number of hydrogen-bond acceptors (Lipinski definition) is 9. The number of anilines is 1. The number of rotatable bonds is 9. The monoisotopic (exact) mass is 509 g/mol. The van der Waals surface area contributed by atoms with Crippen LogP contribution in [0.5, 0.6) is 11.5 Å². The molecule has 1 aromatic heterocycles. The van der Waals surface area contributed by atoms with E-state index in [1.54, 1.807) is 19.2 Å². The van der Waals surface area contributed by atoms with Crippen molar-refractivity contribution in [1.29, 1.82) is 0 Å². The molecule has 0 radical (unpaired) electrons. The zero-order valence-electron chi connectivity index (χ0n) is 20.8. The number of benzene rings is 1. The minimum Gasteiger partial charge on any atom is -0.490 e. The number of aldehydes is 1. The Balaban J connectivity index is 1.31. The van der Waals surface area contributed by atoms with Crippen LogP contribution < -0.4 is 19.7 Å². The third kappa shape index (κ3) is 6.42. The van der Waals surface area contributed by atoms with Crippen LogP contribution in [0.15, 0.2) is 42.7 Å². The summed E-state index contributed by atoms with van der Waals surface area (Å²) in [6, 6.07) is 5.79. The van der Waals surface area contributed by atoms with Crippen molar-refractivity contribution in [2.75, 3.05) is 38.3 Å². The number of amides is 2. The second-order valence-corrected chi connectivity index (χ2v) is 9.09. The molecule has 196 valence electrons. The van der Waals surface area contributed by atoms with E-state index in [4.69, 9.17) is 9.47 Å². The van der Waals surface area contributed by atoms with Crippen molar-refractivity contribution in [3.63, 3.8) is 0 Å². The van der Waals surface area contributed by atoms with Gasteiger partial charge in [0.05, 0.1) is 17.9 Å². The van der Waals surface area contributed by atoms with Gasteiger partial charge in [0, 0.05) is 37.5 Å². The minimum absolute atomic E-state index is 0.172. The fraction of sp³-hybridized carbons (Fsp3) is 0.423. The summed E-state index contributed by atoms with van der Waals surface area (Å²) in [5.41, 5.74) is 0.994. The number of likely N-dealkylation sites (N-methyl/N-ethyl adjacent to an activating group) is 1. The molecule has 1 unspecified atom stereocenters. The second kappa shape index (κ2) is 11.8. The van der Waals surface area contributed by atoms with Crippen LogP contribution in [-0.2, 0) is 4.79 Å². The number of piperidine rings is 2. The number of ether oxygens (including phenoxy) is 2. The van der Waals surface area contributed by atoms with Crippen LogP contribution in [0.25, 0.3) is 0 Å². The zero-order valence-corrected chi connectivity index (χ0v) is 20.8. The molecule has 4 rings (SSSR count). The molecular formula is C26H31N5O6. The lowest BCUT2D eigenvalue weighted by atomic mass is 10.0. The van der Waals surface area contributed by atoms with E-state index in [1.807, 2.05) is 0 Å². The predicted molar refractivity (Wildman–Crippen MR) is 135 cm³/mol. The molecule has 2 aliphatic heterocycles. The van der Waals surface area contributed by atoms with Crippen molar-refractivity contribution in [2.45, 2.75) is 37.8 Å². The normalized spacial score (nSPS) is 18.2. The average Bonchev–Trinajstić information content (AvgIpc) is 2.91. The van der Waals surface area contributed by atoms with Crippen LogP contribution in [0.1, 0.15) is 46.4 Å². The summed E-state index contributed by atoms with van der Waals surface area (Å²) in [6.07, 6.45) is 4.28. The molecule has 2 amide bonds. The molecule has 0 saturated carbocycles. The molecule has 0 aliphatic carbocycles. The van der Waals surface area contributed by atoms with Gasteiger partial charge in [0.1, 0.15) is 30.8 Å². The molecule has 0 spiro atoms. The van der Waals surface area contributed by atoms with Crippen molar-refractivity contribution in [1.82, 2.24) is 20.4 Å². The SMILES string of the molecule is C=C1CCC(N(C)C(=O)c2ccc(OCCOc3cnnc(N4CCC(O)CC4)c3)cc2C=O)C(=O)N1. The molecule has 2 saturated heterocycles. The smallest absolute Gasteiger partial charge is 0.255 e. The Hall–Kier alpha value is -3.99. The van der Waals surface area contributed by atoms with Gasteiger partial charge in [-0.15, -0.1) is 5.10 Å². The molecule has 2 aromatic rings. The van der Waals surface area contributed by atoms with Gasteiger partial charge in [0.15, 0.2) is 12.1 Å².